The first-order valence-corrected chi connectivity index (χ1v) is 7.27. The number of halogens is 1. The molecule has 1 fully saturated rings. The van der Waals surface area contributed by atoms with Crippen molar-refractivity contribution in [3.05, 3.63) is 11.9 Å². The number of anilines is 1. The lowest BCUT2D eigenvalue weighted by atomic mass is 10.2. The van der Waals surface area contributed by atoms with Gasteiger partial charge in [-0.2, -0.15) is 0 Å². The molecule has 6 heteroatoms. The van der Waals surface area contributed by atoms with E-state index in [1.807, 2.05) is 13.8 Å². The normalized spacial score (nSPS) is 16.7. The van der Waals surface area contributed by atoms with Crippen LogP contribution in [-0.2, 0) is 0 Å². The Hall–Kier alpha value is -1.07. The van der Waals surface area contributed by atoms with E-state index in [9.17, 15) is 0 Å². The lowest BCUT2D eigenvalue weighted by Gasteiger charge is -2.35. The Kier molecular flexibility index (Phi) is 5.22. The van der Waals surface area contributed by atoms with Gasteiger partial charge in [-0.15, -0.1) is 11.6 Å². The second-order valence-corrected chi connectivity index (χ2v) is 4.96. The van der Waals surface area contributed by atoms with Crippen molar-refractivity contribution < 1.29 is 4.74 Å². The van der Waals surface area contributed by atoms with E-state index >= 15 is 0 Å². The number of ether oxygens (including phenoxy) is 1. The highest BCUT2D eigenvalue weighted by Gasteiger charge is 2.20. The van der Waals surface area contributed by atoms with E-state index in [0.29, 0.717) is 18.4 Å². The van der Waals surface area contributed by atoms with Crippen LogP contribution in [-0.4, -0.2) is 60.1 Å². The summed E-state index contributed by atoms with van der Waals surface area (Å²) < 4.78 is 5.52. The maximum atomic E-state index is 5.78. The van der Waals surface area contributed by atoms with Crippen LogP contribution in [0, 0.1) is 6.92 Å². The molecule has 0 spiro atoms. The Morgan fingerprint density at radius 3 is 2.63 bits per heavy atom. The summed E-state index contributed by atoms with van der Waals surface area (Å²) in [6, 6.07) is 0. The third-order valence-corrected chi connectivity index (χ3v) is 3.53. The Balaban J connectivity index is 2.05. The molecule has 0 atom stereocenters. The summed E-state index contributed by atoms with van der Waals surface area (Å²) in [6.07, 6.45) is 1.58. The van der Waals surface area contributed by atoms with Crippen LogP contribution in [0.2, 0.25) is 0 Å². The smallest absolute Gasteiger partial charge is 0.221 e. The van der Waals surface area contributed by atoms with Crippen molar-refractivity contribution in [3.63, 3.8) is 0 Å². The maximum absolute atomic E-state index is 5.78. The average molecular weight is 285 g/mol. The summed E-state index contributed by atoms with van der Waals surface area (Å²) in [5, 5.41) is 0. The SMILES string of the molecule is CCOc1ncnc(N2CCN(CCCl)CC2)c1C. The van der Waals surface area contributed by atoms with Gasteiger partial charge in [-0.3, -0.25) is 4.90 Å². The van der Waals surface area contributed by atoms with Crippen LogP contribution in [0.3, 0.4) is 0 Å². The van der Waals surface area contributed by atoms with Crippen LogP contribution < -0.4 is 9.64 Å². The summed E-state index contributed by atoms with van der Waals surface area (Å²) in [4.78, 5) is 13.3. The predicted molar refractivity (Wildman–Crippen MR) is 77.3 cm³/mol. The number of rotatable bonds is 5. The summed E-state index contributed by atoms with van der Waals surface area (Å²) >= 11 is 5.78. The highest BCUT2D eigenvalue weighted by Crippen LogP contribution is 2.24. The molecule has 5 nitrogen and oxygen atoms in total. The molecule has 1 saturated heterocycles. The van der Waals surface area contributed by atoms with Gasteiger partial charge < -0.3 is 9.64 Å². The molecule has 1 aromatic rings. The van der Waals surface area contributed by atoms with E-state index in [-0.39, 0.29) is 0 Å². The number of hydrogen-bond donors (Lipinski definition) is 0. The van der Waals surface area contributed by atoms with Crippen molar-refractivity contribution in [2.75, 3.05) is 50.1 Å². The molecular weight excluding hydrogens is 264 g/mol. The highest BCUT2D eigenvalue weighted by molar-refractivity contribution is 6.18. The number of alkyl halides is 1. The molecule has 1 aliphatic rings. The van der Waals surface area contributed by atoms with Crippen LogP contribution in [0.25, 0.3) is 0 Å². The molecule has 0 aromatic carbocycles. The average Bonchev–Trinajstić information content (AvgIpc) is 2.43. The Morgan fingerprint density at radius 1 is 1.26 bits per heavy atom. The van der Waals surface area contributed by atoms with Crippen molar-refractivity contribution in [2.24, 2.45) is 0 Å². The van der Waals surface area contributed by atoms with Crippen molar-refractivity contribution in [2.45, 2.75) is 13.8 Å². The number of hydrogen-bond acceptors (Lipinski definition) is 5. The Bertz CT molecular complexity index is 408. The molecule has 2 rings (SSSR count). The van der Waals surface area contributed by atoms with Crippen LogP contribution >= 0.6 is 11.6 Å². The van der Waals surface area contributed by atoms with Gasteiger partial charge in [0.25, 0.3) is 0 Å². The fourth-order valence-electron chi connectivity index (χ4n) is 2.33. The van der Waals surface area contributed by atoms with E-state index in [1.165, 1.54) is 0 Å². The molecule has 0 bridgehead atoms. The largest absolute Gasteiger partial charge is 0.478 e. The minimum absolute atomic E-state index is 0.626. The van der Waals surface area contributed by atoms with E-state index in [1.54, 1.807) is 6.33 Å². The number of aromatic nitrogens is 2. The molecule has 106 valence electrons. The fraction of sp³-hybridized carbons (Fsp3) is 0.692. The molecule has 0 amide bonds. The van der Waals surface area contributed by atoms with Gasteiger partial charge >= 0.3 is 0 Å². The van der Waals surface area contributed by atoms with E-state index < -0.39 is 0 Å². The zero-order chi connectivity index (χ0) is 13.7. The maximum Gasteiger partial charge on any atom is 0.221 e. The summed E-state index contributed by atoms with van der Waals surface area (Å²) in [7, 11) is 0. The molecule has 19 heavy (non-hydrogen) atoms. The third kappa shape index (κ3) is 3.48. The molecule has 0 radical (unpaired) electrons. The molecule has 1 aromatic heterocycles. The second kappa shape index (κ2) is 6.91. The van der Waals surface area contributed by atoms with E-state index in [4.69, 9.17) is 16.3 Å². The van der Waals surface area contributed by atoms with Gasteiger partial charge in [0.15, 0.2) is 0 Å². The zero-order valence-electron chi connectivity index (χ0n) is 11.6. The lowest BCUT2D eigenvalue weighted by Crippen LogP contribution is -2.47. The third-order valence-electron chi connectivity index (χ3n) is 3.36. The van der Waals surface area contributed by atoms with Crippen molar-refractivity contribution in [1.29, 1.82) is 0 Å². The molecule has 0 saturated carbocycles. The molecule has 2 heterocycles. The second-order valence-electron chi connectivity index (χ2n) is 4.58. The van der Waals surface area contributed by atoms with E-state index in [2.05, 4.69) is 19.8 Å². The van der Waals surface area contributed by atoms with Crippen molar-refractivity contribution in [1.82, 2.24) is 14.9 Å². The van der Waals surface area contributed by atoms with Gasteiger partial charge in [0, 0.05) is 38.6 Å². The first kappa shape index (κ1) is 14.3. The quantitative estimate of drug-likeness (QED) is 0.768. The first-order valence-electron chi connectivity index (χ1n) is 6.74. The number of piperazine rings is 1. The van der Waals surface area contributed by atoms with Crippen molar-refractivity contribution >= 4 is 17.4 Å². The van der Waals surface area contributed by atoms with Gasteiger partial charge in [-0.05, 0) is 13.8 Å². The van der Waals surface area contributed by atoms with Crippen LogP contribution in [0.4, 0.5) is 5.82 Å². The summed E-state index contributed by atoms with van der Waals surface area (Å²) in [6.45, 7) is 9.57. The van der Waals surface area contributed by atoms with Gasteiger partial charge in [-0.25, -0.2) is 9.97 Å². The molecule has 1 aliphatic heterocycles. The van der Waals surface area contributed by atoms with Gasteiger partial charge in [0.1, 0.15) is 12.1 Å². The molecule has 0 N–H and O–H groups in total. The Morgan fingerprint density at radius 2 is 2.00 bits per heavy atom. The molecular formula is C13H21ClN4O. The van der Waals surface area contributed by atoms with Gasteiger partial charge in [0.05, 0.1) is 12.2 Å². The molecule has 0 aliphatic carbocycles. The predicted octanol–water partition coefficient (Wildman–Crippen LogP) is 1.54. The fourth-order valence-corrected chi connectivity index (χ4v) is 2.57. The number of nitrogens with zero attached hydrogens (tertiary/aromatic N) is 4. The van der Waals surface area contributed by atoms with Gasteiger partial charge in [0.2, 0.25) is 5.88 Å². The minimum atomic E-state index is 0.626. The first-order chi connectivity index (χ1) is 9.26. The summed E-state index contributed by atoms with van der Waals surface area (Å²) in [5.41, 5.74) is 1.02. The monoisotopic (exact) mass is 284 g/mol. The highest BCUT2D eigenvalue weighted by atomic mass is 35.5. The minimum Gasteiger partial charge on any atom is -0.478 e. The summed E-state index contributed by atoms with van der Waals surface area (Å²) in [5.74, 6) is 2.38. The zero-order valence-corrected chi connectivity index (χ0v) is 12.4. The van der Waals surface area contributed by atoms with Crippen LogP contribution in [0.5, 0.6) is 5.88 Å². The Labute approximate surface area is 119 Å². The topological polar surface area (TPSA) is 41.5 Å². The van der Waals surface area contributed by atoms with Crippen LogP contribution in [0.1, 0.15) is 12.5 Å². The van der Waals surface area contributed by atoms with Crippen molar-refractivity contribution in [3.8, 4) is 5.88 Å². The molecule has 0 unspecified atom stereocenters. The van der Waals surface area contributed by atoms with Crippen LogP contribution in [0.15, 0.2) is 6.33 Å². The standard InChI is InChI=1S/C13H21ClN4O/c1-3-19-13-11(2)12(15-10-16-13)18-8-6-17(5-4-14)7-9-18/h10H,3-9H2,1-2H3. The van der Waals surface area contributed by atoms with Gasteiger partial charge in [-0.1, -0.05) is 0 Å². The lowest BCUT2D eigenvalue weighted by molar-refractivity contribution is 0.271. The van der Waals surface area contributed by atoms with E-state index in [0.717, 1.165) is 44.1 Å².